The van der Waals surface area contributed by atoms with E-state index >= 15 is 0 Å². The lowest BCUT2D eigenvalue weighted by Gasteiger charge is -2.30. The van der Waals surface area contributed by atoms with Crippen molar-refractivity contribution in [2.24, 2.45) is 0 Å². The Bertz CT molecular complexity index is 839. The van der Waals surface area contributed by atoms with Gasteiger partial charge in [0.25, 0.3) is 0 Å². The van der Waals surface area contributed by atoms with E-state index < -0.39 is 0 Å². The first-order chi connectivity index (χ1) is 14.0. The van der Waals surface area contributed by atoms with Crippen LogP contribution in [-0.4, -0.2) is 7.11 Å². The molecule has 0 amide bonds. The fourth-order valence-electron chi connectivity index (χ4n) is 3.69. The van der Waals surface area contributed by atoms with Gasteiger partial charge in [-0.3, -0.25) is 0 Å². The number of hydrogen-bond acceptors (Lipinski definition) is 1. The molecule has 0 radical (unpaired) electrons. The third-order valence-corrected chi connectivity index (χ3v) is 5.16. The Balaban J connectivity index is 0.00000263. The maximum absolute atomic E-state index is 5.79. The van der Waals surface area contributed by atoms with Gasteiger partial charge in [-0.15, -0.1) is 0 Å². The van der Waals surface area contributed by atoms with E-state index in [-0.39, 0.29) is 5.92 Å². The average Bonchev–Trinajstić information content (AvgIpc) is 2.66. The van der Waals surface area contributed by atoms with Gasteiger partial charge < -0.3 is 4.74 Å². The number of benzene rings is 1. The van der Waals surface area contributed by atoms with E-state index in [2.05, 4.69) is 107 Å². The molecule has 0 saturated carbocycles. The average molecular weight is 409 g/mol. The predicted molar refractivity (Wildman–Crippen MR) is 137 cm³/mol. The smallest absolute Gasteiger partial charge is 0.123 e. The lowest BCUT2D eigenvalue weighted by molar-refractivity contribution is 0.408. The Labute approximate surface area is 186 Å². The van der Waals surface area contributed by atoms with E-state index in [1.165, 1.54) is 39.8 Å². The molecule has 1 aromatic carbocycles. The maximum Gasteiger partial charge on any atom is 0.123 e. The second-order valence-corrected chi connectivity index (χ2v) is 8.37. The molecule has 0 N–H and O–H groups in total. The van der Waals surface area contributed by atoms with Gasteiger partial charge in [0, 0.05) is 11.5 Å². The predicted octanol–water partition coefficient (Wildman–Crippen LogP) is 9.27. The summed E-state index contributed by atoms with van der Waals surface area (Å²) in [5, 5.41) is 0. The van der Waals surface area contributed by atoms with Crippen LogP contribution in [0.5, 0.6) is 5.75 Å². The molecular weight excluding hydrogens is 364 g/mol. The molecule has 0 aliphatic rings. The van der Waals surface area contributed by atoms with E-state index in [0.717, 1.165) is 22.5 Å². The first kappa shape index (κ1) is 27.7. The van der Waals surface area contributed by atoms with Crippen molar-refractivity contribution in [2.75, 3.05) is 7.11 Å². The van der Waals surface area contributed by atoms with Gasteiger partial charge in [0.1, 0.15) is 5.75 Å². The molecule has 30 heavy (non-hydrogen) atoms. The largest absolute Gasteiger partial charge is 0.496 e. The molecule has 166 valence electrons. The standard InChI is InChI=1S/C26H36O.C3H8/c1-12-20(9)21(10)25(18(6)7)26(24(16(2)3)17(4)5)22-14-13-19(8)15-23(22)27-11;1-3-2/h12-15,26H,2,6H2,1,3-5,7-11H3;3H2,1-2H3/b20-12-,25-21+;/t26-;/m0./s1. The van der Waals surface area contributed by atoms with Crippen molar-refractivity contribution < 1.29 is 4.74 Å². The molecule has 0 aliphatic carbocycles. The fourth-order valence-corrected chi connectivity index (χ4v) is 3.69. The first-order valence-corrected chi connectivity index (χ1v) is 11.0. The Morgan fingerprint density at radius 3 is 1.83 bits per heavy atom. The van der Waals surface area contributed by atoms with E-state index in [4.69, 9.17) is 4.74 Å². The maximum atomic E-state index is 5.79. The van der Waals surface area contributed by atoms with Crippen molar-refractivity contribution in [1.82, 2.24) is 0 Å². The molecule has 1 nitrogen and oxygen atoms in total. The Hall–Kier alpha value is -2.28. The van der Waals surface area contributed by atoms with Crippen LogP contribution in [0.1, 0.15) is 85.8 Å². The van der Waals surface area contributed by atoms with Crippen LogP contribution in [0.3, 0.4) is 0 Å². The van der Waals surface area contributed by atoms with Crippen LogP contribution in [-0.2, 0) is 0 Å². The van der Waals surface area contributed by atoms with Gasteiger partial charge in [0.05, 0.1) is 7.11 Å². The molecule has 0 saturated heterocycles. The monoisotopic (exact) mass is 408 g/mol. The Morgan fingerprint density at radius 2 is 1.47 bits per heavy atom. The second-order valence-electron chi connectivity index (χ2n) is 8.37. The molecule has 1 heteroatoms. The van der Waals surface area contributed by atoms with Gasteiger partial charge in [-0.1, -0.05) is 73.9 Å². The number of aryl methyl sites for hydroxylation is 1. The van der Waals surface area contributed by atoms with E-state index in [0.29, 0.717) is 0 Å². The van der Waals surface area contributed by atoms with Gasteiger partial charge in [-0.25, -0.2) is 0 Å². The summed E-state index contributed by atoms with van der Waals surface area (Å²) in [5.74, 6) is 0.945. The molecule has 1 aromatic rings. The number of ether oxygens (including phenoxy) is 1. The molecule has 0 fully saturated rings. The third kappa shape index (κ3) is 7.20. The zero-order valence-electron chi connectivity index (χ0n) is 21.4. The van der Waals surface area contributed by atoms with E-state index in [1.54, 1.807) is 7.11 Å². The van der Waals surface area contributed by atoms with Crippen LogP contribution in [0.15, 0.2) is 76.4 Å². The van der Waals surface area contributed by atoms with Crippen LogP contribution >= 0.6 is 0 Å². The zero-order valence-corrected chi connectivity index (χ0v) is 21.4. The van der Waals surface area contributed by atoms with Crippen molar-refractivity contribution in [3.8, 4) is 5.75 Å². The van der Waals surface area contributed by atoms with Crippen molar-refractivity contribution in [1.29, 1.82) is 0 Å². The quantitative estimate of drug-likeness (QED) is 0.408. The summed E-state index contributed by atoms with van der Waals surface area (Å²) in [6, 6.07) is 6.45. The van der Waals surface area contributed by atoms with Crippen LogP contribution in [0.4, 0.5) is 0 Å². The molecule has 0 spiro atoms. The van der Waals surface area contributed by atoms with Crippen LogP contribution < -0.4 is 4.74 Å². The highest BCUT2D eigenvalue weighted by Gasteiger charge is 2.28. The highest BCUT2D eigenvalue weighted by Crippen LogP contribution is 2.45. The number of rotatable bonds is 7. The minimum atomic E-state index is 0.0375. The SMILES string of the molecule is C=C(C)C(=C(C)C)[C@@H](/C(C(=C)C)=C(C)/C(C)=C\C)c1ccc(C)cc1OC.CCC. The lowest BCUT2D eigenvalue weighted by Crippen LogP contribution is -2.13. The summed E-state index contributed by atoms with van der Waals surface area (Å²) >= 11 is 0. The molecule has 0 unspecified atom stereocenters. The van der Waals surface area contributed by atoms with Crippen molar-refractivity contribution >= 4 is 0 Å². The molecule has 0 aliphatic heterocycles. The number of methoxy groups -OCH3 is 1. The van der Waals surface area contributed by atoms with Gasteiger partial charge in [-0.2, -0.15) is 0 Å². The normalized spacial score (nSPS) is 12.8. The van der Waals surface area contributed by atoms with Crippen LogP contribution in [0.25, 0.3) is 0 Å². The van der Waals surface area contributed by atoms with Crippen molar-refractivity contribution in [3.63, 3.8) is 0 Å². The van der Waals surface area contributed by atoms with Crippen LogP contribution in [0, 0.1) is 6.92 Å². The van der Waals surface area contributed by atoms with Crippen molar-refractivity contribution in [3.05, 3.63) is 87.6 Å². The van der Waals surface area contributed by atoms with Gasteiger partial charge in [0.2, 0.25) is 0 Å². The molecule has 0 aromatic heterocycles. The summed E-state index contributed by atoms with van der Waals surface area (Å²) < 4.78 is 5.79. The minimum absolute atomic E-state index is 0.0375. The topological polar surface area (TPSA) is 9.23 Å². The van der Waals surface area contributed by atoms with Gasteiger partial charge in [-0.05, 0) is 83.7 Å². The zero-order chi connectivity index (χ0) is 23.6. The molecule has 0 bridgehead atoms. The number of hydrogen-bond donors (Lipinski definition) is 0. The van der Waals surface area contributed by atoms with E-state index in [1.807, 2.05) is 0 Å². The molecule has 0 heterocycles. The summed E-state index contributed by atoms with van der Waals surface area (Å²) in [6.45, 7) is 29.9. The number of allylic oxidation sites excluding steroid dienone is 8. The molecule has 1 atom stereocenters. The summed E-state index contributed by atoms with van der Waals surface area (Å²) in [4.78, 5) is 0. The third-order valence-electron chi connectivity index (χ3n) is 5.16. The highest BCUT2D eigenvalue weighted by molar-refractivity contribution is 5.59. The minimum Gasteiger partial charge on any atom is -0.496 e. The van der Waals surface area contributed by atoms with Crippen LogP contribution in [0.2, 0.25) is 0 Å². The van der Waals surface area contributed by atoms with E-state index in [9.17, 15) is 0 Å². The van der Waals surface area contributed by atoms with Crippen molar-refractivity contribution in [2.45, 2.75) is 81.6 Å². The van der Waals surface area contributed by atoms with Gasteiger partial charge in [0.15, 0.2) is 0 Å². The van der Waals surface area contributed by atoms with Gasteiger partial charge >= 0.3 is 0 Å². The lowest BCUT2D eigenvalue weighted by atomic mass is 9.75. The highest BCUT2D eigenvalue weighted by atomic mass is 16.5. The Kier molecular flexibility index (Phi) is 12.1. The second kappa shape index (κ2) is 13.1. The fraction of sp³-hybridized carbons (Fsp3) is 0.448. The summed E-state index contributed by atoms with van der Waals surface area (Å²) in [6.07, 6.45) is 3.41. The molecular formula is C29H44O. The Morgan fingerprint density at radius 1 is 0.967 bits per heavy atom. The summed E-state index contributed by atoms with van der Waals surface area (Å²) in [7, 11) is 1.74. The first-order valence-electron chi connectivity index (χ1n) is 11.0. The molecule has 1 rings (SSSR count). The summed E-state index contributed by atoms with van der Waals surface area (Å²) in [5.41, 5.74) is 10.8.